The third-order valence-corrected chi connectivity index (χ3v) is 1.58. The lowest BCUT2D eigenvalue weighted by Crippen LogP contribution is -1.99. The SMILES string of the molecule is C/C(=N/N)c1c(O)cccc1O. The molecule has 0 amide bonds. The fraction of sp³-hybridized carbons (Fsp3) is 0.125. The van der Waals surface area contributed by atoms with Crippen LogP contribution in [0.2, 0.25) is 0 Å². The zero-order chi connectivity index (χ0) is 9.14. The van der Waals surface area contributed by atoms with Gasteiger partial charge in [-0.25, -0.2) is 0 Å². The Morgan fingerprint density at radius 3 is 2.25 bits per heavy atom. The van der Waals surface area contributed by atoms with Gasteiger partial charge in [-0.1, -0.05) is 6.07 Å². The van der Waals surface area contributed by atoms with Crippen LogP contribution in [0.15, 0.2) is 23.3 Å². The van der Waals surface area contributed by atoms with Crippen LogP contribution in [0, 0.1) is 0 Å². The van der Waals surface area contributed by atoms with Gasteiger partial charge in [-0.15, -0.1) is 0 Å². The van der Waals surface area contributed by atoms with E-state index in [1.165, 1.54) is 18.2 Å². The minimum absolute atomic E-state index is 0.0262. The molecule has 12 heavy (non-hydrogen) atoms. The summed E-state index contributed by atoms with van der Waals surface area (Å²) in [6, 6.07) is 4.46. The molecular weight excluding hydrogens is 156 g/mol. The highest BCUT2D eigenvalue weighted by atomic mass is 16.3. The summed E-state index contributed by atoms with van der Waals surface area (Å²) in [5, 5.41) is 22.0. The van der Waals surface area contributed by atoms with Gasteiger partial charge in [0.15, 0.2) is 0 Å². The molecule has 0 aromatic heterocycles. The zero-order valence-electron chi connectivity index (χ0n) is 6.65. The first-order chi connectivity index (χ1) is 5.66. The number of hydrogen-bond donors (Lipinski definition) is 3. The largest absolute Gasteiger partial charge is 0.507 e. The highest BCUT2D eigenvalue weighted by molar-refractivity contribution is 6.03. The van der Waals surface area contributed by atoms with E-state index in [1.54, 1.807) is 6.92 Å². The van der Waals surface area contributed by atoms with Gasteiger partial charge >= 0.3 is 0 Å². The van der Waals surface area contributed by atoms with E-state index in [-0.39, 0.29) is 17.1 Å². The van der Waals surface area contributed by atoms with E-state index < -0.39 is 0 Å². The van der Waals surface area contributed by atoms with E-state index in [0.29, 0.717) is 5.71 Å². The summed E-state index contributed by atoms with van der Waals surface area (Å²) < 4.78 is 0. The van der Waals surface area contributed by atoms with Gasteiger partial charge in [-0.2, -0.15) is 5.10 Å². The Morgan fingerprint density at radius 2 is 1.83 bits per heavy atom. The molecule has 1 aromatic carbocycles. The van der Waals surface area contributed by atoms with Crippen molar-refractivity contribution in [2.75, 3.05) is 0 Å². The lowest BCUT2D eigenvalue weighted by atomic mass is 10.1. The molecular formula is C8H10N2O2. The zero-order valence-corrected chi connectivity index (χ0v) is 6.65. The van der Waals surface area contributed by atoms with Crippen molar-refractivity contribution in [2.24, 2.45) is 10.9 Å². The van der Waals surface area contributed by atoms with Crippen molar-refractivity contribution in [3.63, 3.8) is 0 Å². The van der Waals surface area contributed by atoms with Gasteiger partial charge < -0.3 is 16.1 Å². The second-order valence-electron chi connectivity index (χ2n) is 2.39. The Kier molecular flexibility index (Phi) is 2.19. The van der Waals surface area contributed by atoms with Gasteiger partial charge in [-0.05, 0) is 19.1 Å². The lowest BCUT2D eigenvalue weighted by molar-refractivity contribution is 0.448. The molecule has 1 aromatic rings. The van der Waals surface area contributed by atoms with E-state index in [0.717, 1.165) is 0 Å². The molecule has 0 aliphatic rings. The molecule has 1 rings (SSSR count). The molecule has 0 unspecified atom stereocenters. The minimum Gasteiger partial charge on any atom is -0.507 e. The fourth-order valence-electron chi connectivity index (χ4n) is 0.964. The molecule has 0 heterocycles. The number of phenolic OH excluding ortho intramolecular Hbond substituents is 2. The third kappa shape index (κ3) is 1.32. The number of nitrogens with two attached hydrogens (primary N) is 1. The molecule has 0 fully saturated rings. The Labute approximate surface area is 70.0 Å². The molecule has 4 heteroatoms. The van der Waals surface area contributed by atoms with Crippen molar-refractivity contribution in [1.29, 1.82) is 0 Å². The van der Waals surface area contributed by atoms with Gasteiger partial charge in [-0.3, -0.25) is 0 Å². The van der Waals surface area contributed by atoms with Gasteiger partial charge in [0.05, 0.1) is 11.3 Å². The first kappa shape index (κ1) is 8.39. The van der Waals surface area contributed by atoms with Crippen molar-refractivity contribution in [1.82, 2.24) is 0 Å². The summed E-state index contributed by atoms with van der Waals surface area (Å²) in [7, 11) is 0. The predicted octanol–water partition coefficient (Wildman–Crippen LogP) is 0.780. The van der Waals surface area contributed by atoms with Crippen LogP contribution in [-0.2, 0) is 0 Å². The van der Waals surface area contributed by atoms with Crippen LogP contribution in [0.3, 0.4) is 0 Å². The number of phenols is 2. The molecule has 64 valence electrons. The Hall–Kier alpha value is -1.71. The van der Waals surface area contributed by atoms with Gasteiger partial charge in [0, 0.05) is 0 Å². The number of benzene rings is 1. The molecule has 0 aliphatic carbocycles. The summed E-state index contributed by atoms with van der Waals surface area (Å²) in [4.78, 5) is 0. The highest BCUT2D eigenvalue weighted by Gasteiger charge is 2.08. The summed E-state index contributed by atoms with van der Waals surface area (Å²) in [6.07, 6.45) is 0. The fourth-order valence-corrected chi connectivity index (χ4v) is 0.964. The summed E-state index contributed by atoms with van der Waals surface area (Å²) in [5.41, 5.74) is 0.672. The van der Waals surface area contributed by atoms with Gasteiger partial charge in [0.25, 0.3) is 0 Å². The van der Waals surface area contributed by atoms with Crippen LogP contribution in [0.4, 0.5) is 0 Å². The van der Waals surface area contributed by atoms with Gasteiger partial charge in [0.2, 0.25) is 0 Å². The van der Waals surface area contributed by atoms with E-state index in [1.807, 2.05) is 0 Å². The molecule has 0 saturated carbocycles. The average Bonchev–Trinajstić information content (AvgIpc) is 2.03. The Bertz CT molecular complexity index is 301. The predicted molar refractivity (Wildman–Crippen MR) is 46.2 cm³/mol. The lowest BCUT2D eigenvalue weighted by Gasteiger charge is -2.04. The molecule has 4 nitrogen and oxygen atoms in total. The van der Waals surface area contributed by atoms with E-state index in [9.17, 15) is 10.2 Å². The first-order valence-corrected chi connectivity index (χ1v) is 3.42. The van der Waals surface area contributed by atoms with E-state index in [4.69, 9.17) is 5.84 Å². The van der Waals surface area contributed by atoms with E-state index in [2.05, 4.69) is 5.10 Å². The molecule has 0 radical (unpaired) electrons. The molecule has 0 spiro atoms. The summed E-state index contributed by atoms with van der Waals surface area (Å²) in [5.74, 6) is 4.96. The van der Waals surface area contributed by atoms with Crippen LogP contribution < -0.4 is 5.84 Å². The van der Waals surface area contributed by atoms with Crippen LogP contribution >= 0.6 is 0 Å². The van der Waals surface area contributed by atoms with E-state index >= 15 is 0 Å². The smallest absolute Gasteiger partial charge is 0.128 e. The molecule has 0 bridgehead atoms. The van der Waals surface area contributed by atoms with Crippen molar-refractivity contribution in [2.45, 2.75) is 6.92 Å². The summed E-state index contributed by atoms with van der Waals surface area (Å²) in [6.45, 7) is 1.61. The topological polar surface area (TPSA) is 78.8 Å². The number of aromatic hydroxyl groups is 2. The van der Waals surface area contributed by atoms with Crippen LogP contribution in [0.5, 0.6) is 11.5 Å². The number of rotatable bonds is 1. The third-order valence-electron chi connectivity index (χ3n) is 1.58. The quantitative estimate of drug-likeness (QED) is 0.327. The maximum absolute atomic E-state index is 9.30. The van der Waals surface area contributed by atoms with Crippen molar-refractivity contribution < 1.29 is 10.2 Å². The van der Waals surface area contributed by atoms with Crippen LogP contribution in [-0.4, -0.2) is 15.9 Å². The average molecular weight is 166 g/mol. The van der Waals surface area contributed by atoms with Gasteiger partial charge in [0.1, 0.15) is 11.5 Å². The molecule has 0 aliphatic heterocycles. The molecule has 4 N–H and O–H groups in total. The molecule has 0 atom stereocenters. The number of hydrogen-bond acceptors (Lipinski definition) is 4. The number of hydrazone groups is 1. The first-order valence-electron chi connectivity index (χ1n) is 3.42. The maximum atomic E-state index is 9.30. The second kappa shape index (κ2) is 3.13. The van der Waals surface area contributed by atoms with Crippen molar-refractivity contribution >= 4 is 5.71 Å². The maximum Gasteiger partial charge on any atom is 0.128 e. The van der Waals surface area contributed by atoms with Crippen molar-refractivity contribution in [3.05, 3.63) is 23.8 Å². The normalized spacial score (nSPS) is 11.6. The standard InChI is InChI=1S/C8H10N2O2/c1-5(10-9)8-6(11)3-2-4-7(8)12/h2-4,11-12H,9H2,1H3/b10-5-. The highest BCUT2D eigenvalue weighted by Crippen LogP contribution is 2.26. The second-order valence-corrected chi connectivity index (χ2v) is 2.39. The monoisotopic (exact) mass is 166 g/mol. The minimum atomic E-state index is -0.0262. The Balaban J connectivity index is 3.31. The molecule has 0 saturated heterocycles. The van der Waals surface area contributed by atoms with Crippen molar-refractivity contribution in [3.8, 4) is 11.5 Å². The summed E-state index contributed by atoms with van der Waals surface area (Å²) >= 11 is 0. The Morgan fingerprint density at radius 1 is 1.33 bits per heavy atom. The van der Waals surface area contributed by atoms with Crippen LogP contribution in [0.1, 0.15) is 12.5 Å². The number of nitrogens with zero attached hydrogens (tertiary/aromatic N) is 1. The van der Waals surface area contributed by atoms with Crippen LogP contribution in [0.25, 0.3) is 0 Å².